The molecule has 0 fully saturated rings. The first kappa shape index (κ1) is 12.5. The van der Waals surface area contributed by atoms with E-state index in [0.29, 0.717) is 5.75 Å². The maximum Gasteiger partial charge on any atom is 0.162 e. The van der Waals surface area contributed by atoms with Crippen molar-refractivity contribution >= 4 is 0 Å². The summed E-state index contributed by atoms with van der Waals surface area (Å²) >= 11 is 0. The molecule has 0 spiro atoms. The van der Waals surface area contributed by atoms with E-state index < -0.39 is 11.6 Å². The maximum absolute atomic E-state index is 13.0. The van der Waals surface area contributed by atoms with E-state index in [1.165, 1.54) is 6.07 Å². The molecular weight excluding hydrogens is 236 g/mol. The number of hydrogen-bond acceptors (Lipinski definition) is 2. The summed E-state index contributed by atoms with van der Waals surface area (Å²) in [6, 6.07) is 10.8. The Morgan fingerprint density at radius 1 is 0.944 bits per heavy atom. The molecule has 2 nitrogen and oxygen atoms in total. The lowest BCUT2D eigenvalue weighted by Crippen LogP contribution is -2.04. The molecule has 2 aromatic carbocycles. The third-order valence-corrected chi connectivity index (χ3v) is 2.43. The second-order valence-corrected chi connectivity index (χ2v) is 3.85. The zero-order chi connectivity index (χ0) is 13.0. The van der Waals surface area contributed by atoms with Crippen molar-refractivity contribution in [2.45, 2.75) is 6.54 Å². The molecule has 0 aliphatic rings. The third kappa shape index (κ3) is 3.05. The number of hydrogen-bond donors (Lipinski definition) is 1. The summed E-state index contributed by atoms with van der Waals surface area (Å²) in [6.45, 7) is 0.769. The molecule has 0 bridgehead atoms. The molecule has 1 N–H and O–H groups in total. The van der Waals surface area contributed by atoms with Gasteiger partial charge in [-0.25, -0.2) is 8.78 Å². The molecule has 0 atom stereocenters. The van der Waals surface area contributed by atoms with Crippen LogP contribution in [0.4, 0.5) is 8.78 Å². The Morgan fingerprint density at radius 2 is 1.61 bits per heavy atom. The standard InChI is InChI=1S/C14H13F2NO/c1-17-9-10-2-4-11(5-3-10)18-12-6-7-13(15)14(16)8-12/h2-8,17H,9H2,1H3. The zero-order valence-electron chi connectivity index (χ0n) is 9.91. The number of rotatable bonds is 4. The molecular formula is C14H13F2NO. The molecule has 2 aromatic rings. The summed E-state index contributed by atoms with van der Waals surface area (Å²) in [5, 5.41) is 3.03. The topological polar surface area (TPSA) is 21.3 Å². The van der Waals surface area contributed by atoms with Crippen LogP contribution in [0.3, 0.4) is 0 Å². The molecule has 4 heteroatoms. The molecule has 0 unspecified atom stereocenters. The van der Waals surface area contributed by atoms with Gasteiger partial charge >= 0.3 is 0 Å². The van der Waals surface area contributed by atoms with Crippen molar-refractivity contribution in [2.75, 3.05) is 7.05 Å². The SMILES string of the molecule is CNCc1ccc(Oc2ccc(F)c(F)c2)cc1. The van der Waals surface area contributed by atoms with Gasteiger partial charge in [0.05, 0.1) is 0 Å². The highest BCUT2D eigenvalue weighted by Gasteiger charge is 2.04. The van der Waals surface area contributed by atoms with Crippen LogP contribution in [-0.4, -0.2) is 7.05 Å². The summed E-state index contributed by atoms with van der Waals surface area (Å²) in [5.41, 5.74) is 1.12. The molecule has 0 radical (unpaired) electrons. The lowest BCUT2D eigenvalue weighted by molar-refractivity contribution is 0.461. The smallest absolute Gasteiger partial charge is 0.162 e. The van der Waals surface area contributed by atoms with Crippen molar-refractivity contribution in [3.05, 3.63) is 59.7 Å². The molecule has 18 heavy (non-hydrogen) atoms. The minimum Gasteiger partial charge on any atom is -0.457 e. The molecule has 0 aromatic heterocycles. The van der Waals surface area contributed by atoms with E-state index in [0.717, 1.165) is 24.2 Å². The molecule has 0 heterocycles. The van der Waals surface area contributed by atoms with Gasteiger partial charge in [-0.15, -0.1) is 0 Å². The Balaban J connectivity index is 2.10. The van der Waals surface area contributed by atoms with E-state index in [4.69, 9.17) is 4.74 Å². The lowest BCUT2D eigenvalue weighted by Gasteiger charge is -2.07. The number of ether oxygens (including phenoxy) is 1. The van der Waals surface area contributed by atoms with Crippen molar-refractivity contribution in [2.24, 2.45) is 0 Å². The molecule has 94 valence electrons. The molecule has 0 amide bonds. The average molecular weight is 249 g/mol. The van der Waals surface area contributed by atoms with Crippen LogP contribution < -0.4 is 10.1 Å². The van der Waals surface area contributed by atoms with Gasteiger partial charge in [0.2, 0.25) is 0 Å². The lowest BCUT2D eigenvalue weighted by atomic mass is 10.2. The van der Waals surface area contributed by atoms with Gasteiger partial charge in [0.15, 0.2) is 11.6 Å². The van der Waals surface area contributed by atoms with Crippen LogP contribution in [0.2, 0.25) is 0 Å². The van der Waals surface area contributed by atoms with Gasteiger partial charge in [0, 0.05) is 12.6 Å². The first-order valence-corrected chi connectivity index (χ1v) is 5.55. The fraction of sp³-hybridized carbons (Fsp3) is 0.143. The van der Waals surface area contributed by atoms with Gasteiger partial charge in [0.25, 0.3) is 0 Å². The predicted molar refractivity (Wildman–Crippen MR) is 65.6 cm³/mol. The van der Waals surface area contributed by atoms with Crippen molar-refractivity contribution in [3.63, 3.8) is 0 Å². The summed E-state index contributed by atoms with van der Waals surface area (Å²) in [4.78, 5) is 0. The van der Waals surface area contributed by atoms with Crippen LogP contribution in [0.25, 0.3) is 0 Å². The van der Waals surface area contributed by atoms with E-state index in [2.05, 4.69) is 5.32 Å². The Labute approximate surface area is 104 Å². The largest absolute Gasteiger partial charge is 0.457 e. The molecule has 0 aliphatic heterocycles. The third-order valence-electron chi connectivity index (χ3n) is 2.43. The number of nitrogens with one attached hydrogen (secondary N) is 1. The van der Waals surface area contributed by atoms with E-state index in [1.54, 1.807) is 12.1 Å². The second-order valence-electron chi connectivity index (χ2n) is 3.85. The first-order valence-electron chi connectivity index (χ1n) is 5.55. The Morgan fingerprint density at radius 3 is 2.22 bits per heavy atom. The Kier molecular flexibility index (Phi) is 3.89. The summed E-state index contributed by atoms with van der Waals surface area (Å²) in [7, 11) is 1.87. The second kappa shape index (κ2) is 5.60. The van der Waals surface area contributed by atoms with Crippen LogP contribution in [0, 0.1) is 11.6 Å². The minimum absolute atomic E-state index is 0.273. The molecule has 0 saturated heterocycles. The number of benzene rings is 2. The van der Waals surface area contributed by atoms with Crippen LogP contribution in [-0.2, 0) is 6.54 Å². The fourth-order valence-corrected chi connectivity index (χ4v) is 1.56. The van der Waals surface area contributed by atoms with E-state index in [-0.39, 0.29) is 5.75 Å². The Bertz CT molecular complexity index is 526. The highest BCUT2D eigenvalue weighted by atomic mass is 19.2. The van der Waals surface area contributed by atoms with Crippen molar-refractivity contribution < 1.29 is 13.5 Å². The van der Waals surface area contributed by atoms with Gasteiger partial charge in [-0.05, 0) is 36.9 Å². The first-order chi connectivity index (χ1) is 8.69. The normalized spacial score (nSPS) is 10.4. The van der Waals surface area contributed by atoms with E-state index in [9.17, 15) is 8.78 Å². The van der Waals surface area contributed by atoms with Crippen LogP contribution in [0.5, 0.6) is 11.5 Å². The van der Waals surface area contributed by atoms with Gasteiger partial charge in [-0.3, -0.25) is 0 Å². The average Bonchev–Trinajstić information content (AvgIpc) is 2.37. The fourth-order valence-electron chi connectivity index (χ4n) is 1.56. The van der Waals surface area contributed by atoms with Crippen molar-refractivity contribution in [1.29, 1.82) is 0 Å². The van der Waals surface area contributed by atoms with Crippen LogP contribution in [0.15, 0.2) is 42.5 Å². The monoisotopic (exact) mass is 249 g/mol. The van der Waals surface area contributed by atoms with Gasteiger partial charge < -0.3 is 10.1 Å². The van der Waals surface area contributed by atoms with Crippen LogP contribution in [0.1, 0.15) is 5.56 Å². The Hall–Kier alpha value is -1.94. The quantitative estimate of drug-likeness (QED) is 0.895. The summed E-state index contributed by atoms with van der Waals surface area (Å²) in [6.07, 6.45) is 0. The molecule has 0 aliphatic carbocycles. The van der Waals surface area contributed by atoms with E-state index in [1.807, 2.05) is 19.2 Å². The predicted octanol–water partition coefficient (Wildman–Crippen LogP) is 3.48. The zero-order valence-corrected chi connectivity index (χ0v) is 9.91. The summed E-state index contributed by atoms with van der Waals surface area (Å²) < 4.78 is 31.1. The highest BCUT2D eigenvalue weighted by molar-refractivity contribution is 5.33. The van der Waals surface area contributed by atoms with Crippen LogP contribution >= 0.6 is 0 Å². The molecule has 2 rings (SSSR count). The van der Waals surface area contributed by atoms with E-state index >= 15 is 0 Å². The van der Waals surface area contributed by atoms with Crippen molar-refractivity contribution in [1.82, 2.24) is 5.32 Å². The van der Waals surface area contributed by atoms with Gasteiger partial charge in [-0.1, -0.05) is 12.1 Å². The van der Waals surface area contributed by atoms with Gasteiger partial charge in [-0.2, -0.15) is 0 Å². The maximum atomic E-state index is 13.0. The summed E-state index contributed by atoms with van der Waals surface area (Å²) in [5.74, 6) is -0.942. The molecule has 0 saturated carbocycles. The number of halogens is 2. The minimum atomic E-state index is -0.917. The van der Waals surface area contributed by atoms with Crippen molar-refractivity contribution in [3.8, 4) is 11.5 Å². The van der Waals surface area contributed by atoms with Gasteiger partial charge in [0.1, 0.15) is 11.5 Å². The highest BCUT2D eigenvalue weighted by Crippen LogP contribution is 2.23.